The minimum Gasteiger partial charge on any atom is -0.457 e. The fourth-order valence-corrected chi connectivity index (χ4v) is 4.17. The van der Waals surface area contributed by atoms with Crippen molar-refractivity contribution in [2.45, 2.75) is 4.90 Å². The van der Waals surface area contributed by atoms with E-state index in [1.807, 2.05) is 54.6 Å². The van der Waals surface area contributed by atoms with Gasteiger partial charge in [0.1, 0.15) is 16.4 Å². The largest absolute Gasteiger partial charge is 0.457 e. The Balaban J connectivity index is 1.53. The molecule has 160 valence electrons. The lowest BCUT2D eigenvalue weighted by Gasteiger charge is -2.10. The second-order valence-corrected chi connectivity index (χ2v) is 9.16. The highest BCUT2D eigenvalue weighted by molar-refractivity contribution is 9.10. The molecule has 0 heterocycles. The van der Waals surface area contributed by atoms with Crippen LogP contribution in [0.3, 0.4) is 0 Å². The van der Waals surface area contributed by atoms with Crippen LogP contribution in [0.2, 0.25) is 0 Å². The maximum atomic E-state index is 12.6. The van der Waals surface area contributed by atoms with E-state index >= 15 is 0 Å². The van der Waals surface area contributed by atoms with E-state index in [9.17, 15) is 8.42 Å². The van der Waals surface area contributed by atoms with Gasteiger partial charge in [-0.2, -0.15) is 8.42 Å². The highest BCUT2D eigenvalue weighted by Gasteiger charge is 2.18. The van der Waals surface area contributed by atoms with Gasteiger partial charge in [-0.1, -0.05) is 52.3 Å². The molecule has 7 heteroatoms. The van der Waals surface area contributed by atoms with E-state index in [1.165, 1.54) is 12.1 Å². The molecule has 4 aromatic carbocycles. The van der Waals surface area contributed by atoms with Crippen LogP contribution in [0.25, 0.3) is 0 Å². The number of para-hydroxylation sites is 1. The van der Waals surface area contributed by atoms with Gasteiger partial charge in [0.15, 0.2) is 5.75 Å². The lowest BCUT2D eigenvalue weighted by molar-refractivity contribution is 0.482. The summed E-state index contributed by atoms with van der Waals surface area (Å²) in [6.07, 6.45) is 1.56. The molecule has 0 aromatic heterocycles. The second-order valence-electron chi connectivity index (χ2n) is 6.70. The van der Waals surface area contributed by atoms with Gasteiger partial charge in [-0.3, -0.25) is 4.99 Å². The normalized spacial score (nSPS) is 11.4. The van der Waals surface area contributed by atoms with Gasteiger partial charge < -0.3 is 8.92 Å². The first-order chi connectivity index (χ1) is 15.5. The molecule has 0 saturated carbocycles. The molecular formula is C25H18BrNO4S. The zero-order valence-corrected chi connectivity index (χ0v) is 19.2. The van der Waals surface area contributed by atoms with E-state index in [0.29, 0.717) is 17.0 Å². The number of ether oxygens (including phenoxy) is 1. The van der Waals surface area contributed by atoms with Crippen molar-refractivity contribution < 1.29 is 17.3 Å². The van der Waals surface area contributed by atoms with Crippen LogP contribution in [-0.2, 0) is 10.1 Å². The van der Waals surface area contributed by atoms with Crippen LogP contribution in [0.5, 0.6) is 17.2 Å². The Morgan fingerprint density at radius 1 is 0.750 bits per heavy atom. The Hall–Kier alpha value is -3.42. The van der Waals surface area contributed by atoms with E-state index < -0.39 is 10.1 Å². The van der Waals surface area contributed by atoms with Crippen LogP contribution in [0.4, 0.5) is 5.69 Å². The average Bonchev–Trinajstić information content (AvgIpc) is 2.81. The number of benzene rings is 4. The van der Waals surface area contributed by atoms with Crippen molar-refractivity contribution in [2.24, 2.45) is 4.99 Å². The molecule has 0 bridgehead atoms. The van der Waals surface area contributed by atoms with E-state index in [0.717, 1.165) is 10.2 Å². The fourth-order valence-electron chi connectivity index (χ4n) is 2.82. The summed E-state index contributed by atoms with van der Waals surface area (Å²) < 4.78 is 37.2. The molecule has 0 saturated heterocycles. The summed E-state index contributed by atoms with van der Waals surface area (Å²) in [5, 5.41) is 0. The van der Waals surface area contributed by atoms with Gasteiger partial charge in [0, 0.05) is 16.3 Å². The number of rotatable bonds is 7. The van der Waals surface area contributed by atoms with Gasteiger partial charge in [-0.25, -0.2) is 0 Å². The molecule has 0 spiro atoms. The molecule has 0 aliphatic heterocycles. The Bertz CT molecular complexity index is 1320. The number of hydrogen-bond donors (Lipinski definition) is 0. The molecular weight excluding hydrogens is 490 g/mol. The molecule has 0 aliphatic rings. The number of nitrogens with zero attached hydrogens (tertiary/aromatic N) is 1. The molecule has 0 unspecified atom stereocenters. The minimum atomic E-state index is -3.96. The van der Waals surface area contributed by atoms with Crippen LogP contribution in [0.15, 0.2) is 117 Å². The summed E-state index contributed by atoms with van der Waals surface area (Å²) in [5.74, 6) is 1.62. The first-order valence-corrected chi connectivity index (χ1v) is 11.9. The lowest BCUT2D eigenvalue weighted by Crippen LogP contribution is -2.10. The summed E-state index contributed by atoms with van der Waals surface area (Å²) in [4.78, 5) is 4.54. The van der Waals surface area contributed by atoms with Crippen LogP contribution in [0.1, 0.15) is 5.56 Å². The summed E-state index contributed by atoms with van der Waals surface area (Å²) in [6, 6.07) is 29.8. The molecule has 5 nitrogen and oxygen atoms in total. The fraction of sp³-hybridized carbons (Fsp3) is 0. The highest BCUT2D eigenvalue weighted by Crippen LogP contribution is 2.27. The SMILES string of the molecule is O=S(=O)(Oc1ccc(Br)cc1C=Nc1ccc(Oc2ccccc2)cc1)c1ccccc1. The monoisotopic (exact) mass is 507 g/mol. The molecule has 0 amide bonds. The summed E-state index contributed by atoms with van der Waals surface area (Å²) in [7, 11) is -3.96. The van der Waals surface area contributed by atoms with Crippen molar-refractivity contribution in [1.29, 1.82) is 0 Å². The molecule has 4 rings (SSSR count). The third-order valence-electron chi connectivity index (χ3n) is 4.37. The molecule has 0 fully saturated rings. The third-order valence-corrected chi connectivity index (χ3v) is 6.11. The Morgan fingerprint density at radius 3 is 2.06 bits per heavy atom. The van der Waals surface area contributed by atoms with Crippen molar-refractivity contribution in [3.05, 3.63) is 113 Å². The van der Waals surface area contributed by atoms with E-state index in [1.54, 1.807) is 42.6 Å². The standard InChI is InChI=1S/C25H18BrNO4S/c26-20-11-16-25(31-32(28,29)24-9-5-2-6-10-24)19(17-20)18-27-21-12-14-23(15-13-21)30-22-7-3-1-4-8-22/h1-18H. The molecule has 4 aromatic rings. The zero-order valence-electron chi connectivity index (χ0n) is 16.8. The van der Waals surface area contributed by atoms with Crippen LogP contribution in [0, 0.1) is 0 Å². The Morgan fingerprint density at radius 2 is 1.38 bits per heavy atom. The van der Waals surface area contributed by atoms with Crippen molar-refractivity contribution in [2.75, 3.05) is 0 Å². The average molecular weight is 508 g/mol. The Kier molecular flexibility index (Phi) is 6.68. The quantitative estimate of drug-likeness (QED) is 0.204. The summed E-state index contributed by atoms with van der Waals surface area (Å²) in [6.45, 7) is 0. The van der Waals surface area contributed by atoms with Gasteiger partial charge in [-0.05, 0) is 66.7 Å². The van der Waals surface area contributed by atoms with Crippen LogP contribution in [-0.4, -0.2) is 14.6 Å². The van der Waals surface area contributed by atoms with Gasteiger partial charge >= 0.3 is 10.1 Å². The first kappa shape index (κ1) is 21.8. The lowest BCUT2D eigenvalue weighted by atomic mass is 10.2. The van der Waals surface area contributed by atoms with Crippen molar-refractivity contribution in [3.63, 3.8) is 0 Å². The van der Waals surface area contributed by atoms with E-state index in [4.69, 9.17) is 8.92 Å². The summed E-state index contributed by atoms with van der Waals surface area (Å²) >= 11 is 3.40. The van der Waals surface area contributed by atoms with E-state index in [-0.39, 0.29) is 10.6 Å². The van der Waals surface area contributed by atoms with Crippen LogP contribution < -0.4 is 8.92 Å². The predicted molar refractivity (Wildman–Crippen MR) is 129 cm³/mol. The second kappa shape index (κ2) is 9.80. The molecule has 32 heavy (non-hydrogen) atoms. The number of halogens is 1. The third kappa shape index (κ3) is 5.63. The van der Waals surface area contributed by atoms with Gasteiger partial charge in [0.25, 0.3) is 0 Å². The zero-order chi connectivity index (χ0) is 22.4. The van der Waals surface area contributed by atoms with E-state index in [2.05, 4.69) is 20.9 Å². The van der Waals surface area contributed by atoms with Crippen molar-refractivity contribution >= 4 is 38.0 Å². The predicted octanol–water partition coefficient (Wildman–Crippen LogP) is 6.76. The first-order valence-electron chi connectivity index (χ1n) is 9.66. The topological polar surface area (TPSA) is 65.0 Å². The maximum absolute atomic E-state index is 12.6. The van der Waals surface area contributed by atoms with Crippen molar-refractivity contribution in [1.82, 2.24) is 0 Å². The van der Waals surface area contributed by atoms with Gasteiger partial charge in [0.05, 0.1) is 5.69 Å². The van der Waals surface area contributed by atoms with Gasteiger partial charge in [-0.15, -0.1) is 0 Å². The van der Waals surface area contributed by atoms with Gasteiger partial charge in [0.2, 0.25) is 0 Å². The molecule has 0 radical (unpaired) electrons. The minimum absolute atomic E-state index is 0.0832. The van der Waals surface area contributed by atoms with Crippen molar-refractivity contribution in [3.8, 4) is 17.2 Å². The smallest absolute Gasteiger partial charge is 0.339 e. The number of hydrogen-bond acceptors (Lipinski definition) is 5. The maximum Gasteiger partial charge on any atom is 0.339 e. The molecule has 0 atom stereocenters. The van der Waals surface area contributed by atoms with Crippen LogP contribution >= 0.6 is 15.9 Å². The Labute approximate surface area is 195 Å². The summed E-state index contributed by atoms with van der Waals surface area (Å²) in [5.41, 5.74) is 1.20. The number of aliphatic imine (C=N–C) groups is 1. The highest BCUT2D eigenvalue weighted by atomic mass is 79.9. The molecule has 0 N–H and O–H groups in total. The molecule has 0 aliphatic carbocycles.